The Morgan fingerprint density at radius 2 is 2.57 bits per heavy atom. The van der Waals surface area contributed by atoms with E-state index >= 15 is 0 Å². The lowest BCUT2D eigenvalue weighted by Gasteiger charge is -1.98. The highest BCUT2D eigenvalue weighted by atomic mass is 19.1. The van der Waals surface area contributed by atoms with Crippen LogP contribution in [0.1, 0.15) is 12.8 Å². The Morgan fingerprint density at radius 1 is 1.71 bits per heavy atom. The van der Waals surface area contributed by atoms with Gasteiger partial charge in [0.25, 0.3) is 0 Å². The van der Waals surface area contributed by atoms with Gasteiger partial charge in [0.2, 0.25) is 0 Å². The molecule has 0 amide bonds. The molecule has 0 unspecified atom stereocenters. The third-order valence-corrected chi connectivity index (χ3v) is 1.20. The molecule has 0 aromatic heterocycles. The molecule has 1 nitrogen and oxygen atoms in total. The van der Waals surface area contributed by atoms with Gasteiger partial charge < -0.3 is 4.74 Å². The first kappa shape index (κ1) is 5.04. The summed E-state index contributed by atoms with van der Waals surface area (Å²) in [5, 5.41) is 0. The van der Waals surface area contributed by atoms with Crippen LogP contribution >= 0.6 is 0 Å². The minimum Gasteiger partial charge on any atom is -0.376 e. The fourth-order valence-corrected chi connectivity index (χ4v) is 0.766. The largest absolute Gasteiger partial charge is 0.376 e. The third kappa shape index (κ3) is 1.13. The molecule has 1 aliphatic heterocycles. The van der Waals surface area contributed by atoms with Gasteiger partial charge in [-0.25, -0.2) is 4.39 Å². The van der Waals surface area contributed by atoms with E-state index in [4.69, 9.17) is 4.74 Å². The van der Waals surface area contributed by atoms with Crippen LogP contribution in [0.2, 0.25) is 0 Å². The Labute approximate surface area is 42.5 Å². The van der Waals surface area contributed by atoms with E-state index in [2.05, 4.69) is 0 Å². The van der Waals surface area contributed by atoms with Crippen LogP contribution in [0, 0.1) is 0 Å². The predicted octanol–water partition coefficient (Wildman–Crippen LogP) is 1.13. The summed E-state index contributed by atoms with van der Waals surface area (Å²) in [6, 6.07) is 0. The van der Waals surface area contributed by atoms with Crippen molar-refractivity contribution < 1.29 is 9.13 Å². The number of hydrogen-bond acceptors (Lipinski definition) is 1. The lowest BCUT2D eigenvalue weighted by atomic mass is 10.3. The van der Waals surface area contributed by atoms with Crippen LogP contribution in [0.15, 0.2) is 0 Å². The summed E-state index contributed by atoms with van der Waals surface area (Å²) in [6.07, 6.45) is 1.88. The lowest BCUT2D eigenvalue weighted by molar-refractivity contribution is 0.0889. The number of halogens is 1. The third-order valence-electron chi connectivity index (χ3n) is 1.20. The molecule has 0 bridgehead atoms. The van der Waals surface area contributed by atoms with Crippen LogP contribution in [0.25, 0.3) is 0 Å². The van der Waals surface area contributed by atoms with E-state index in [0.717, 1.165) is 19.4 Å². The standard InChI is InChI=1S/C5H9FO/c6-4-5-2-1-3-7-5/h5H,1-4H2/t5-/m1/s1. The van der Waals surface area contributed by atoms with Crippen molar-refractivity contribution in [2.45, 2.75) is 18.9 Å². The van der Waals surface area contributed by atoms with E-state index < -0.39 is 0 Å². The summed E-state index contributed by atoms with van der Waals surface area (Å²) in [5.74, 6) is 0. The molecule has 2 heteroatoms. The Hall–Kier alpha value is -0.110. The van der Waals surface area contributed by atoms with Gasteiger partial charge >= 0.3 is 0 Å². The molecule has 1 heterocycles. The number of rotatable bonds is 1. The van der Waals surface area contributed by atoms with Crippen molar-refractivity contribution >= 4 is 0 Å². The lowest BCUT2D eigenvalue weighted by Crippen LogP contribution is -2.05. The Bertz CT molecular complexity index is 50.0. The maximum Gasteiger partial charge on any atom is 0.116 e. The van der Waals surface area contributed by atoms with Crippen molar-refractivity contribution in [3.63, 3.8) is 0 Å². The van der Waals surface area contributed by atoms with Gasteiger partial charge in [0.1, 0.15) is 6.67 Å². The predicted molar refractivity (Wildman–Crippen MR) is 24.9 cm³/mol. The monoisotopic (exact) mass is 104 g/mol. The zero-order valence-electron chi connectivity index (χ0n) is 4.19. The van der Waals surface area contributed by atoms with E-state index in [-0.39, 0.29) is 12.8 Å². The molecular formula is C5H9FO. The first-order valence-corrected chi connectivity index (χ1v) is 2.61. The molecule has 0 saturated carbocycles. The minimum atomic E-state index is -0.306. The molecule has 42 valence electrons. The van der Waals surface area contributed by atoms with Crippen LogP contribution in [-0.4, -0.2) is 19.4 Å². The summed E-state index contributed by atoms with van der Waals surface area (Å²) in [4.78, 5) is 0. The van der Waals surface area contributed by atoms with Crippen molar-refractivity contribution in [3.05, 3.63) is 0 Å². The van der Waals surface area contributed by atoms with Gasteiger partial charge in [0.15, 0.2) is 0 Å². The quantitative estimate of drug-likeness (QED) is 0.484. The summed E-state index contributed by atoms with van der Waals surface area (Å²) >= 11 is 0. The second-order valence-corrected chi connectivity index (χ2v) is 1.79. The van der Waals surface area contributed by atoms with Crippen molar-refractivity contribution in [2.75, 3.05) is 13.3 Å². The minimum absolute atomic E-state index is 0.0694. The first-order valence-electron chi connectivity index (χ1n) is 2.61. The van der Waals surface area contributed by atoms with Gasteiger partial charge in [-0.3, -0.25) is 0 Å². The van der Waals surface area contributed by atoms with Crippen LogP contribution in [-0.2, 0) is 4.74 Å². The highest BCUT2D eigenvalue weighted by Gasteiger charge is 2.13. The van der Waals surface area contributed by atoms with E-state index in [0.29, 0.717) is 0 Å². The van der Waals surface area contributed by atoms with Gasteiger partial charge in [0.05, 0.1) is 6.10 Å². The van der Waals surface area contributed by atoms with Crippen LogP contribution in [0.3, 0.4) is 0 Å². The van der Waals surface area contributed by atoms with Crippen LogP contribution in [0.5, 0.6) is 0 Å². The van der Waals surface area contributed by atoms with E-state index in [1.165, 1.54) is 0 Å². The molecule has 0 aliphatic carbocycles. The first-order chi connectivity index (χ1) is 3.43. The summed E-state index contributed by atoms with van der Waals surface area (Å²) < 4.78 is 16.5. The number of hydrogen-bond donors (Lipinski definition) is 0. The molecule has 0 N–H and O–H groups in total. The van der Waals surface area contributed by atoms with Crippen LogP contribution < -0.4 is 0 Å². The van der Waals surface area contributed by atoms with Gasteiger partial charge in [-0.05, 0) is 12.8 Å². The molecule has 1 rings (SSSR count). The normalized spacial score (nSPS) is 31.3. The topological polar surface area (TPSA) is 9.23 Å². The molecule has 1 saturated heterocycles. The fraction of sp³-hybridized carbons (Fsp3) is 1.00. The Morgan fingerprint density at radius 3 is 2.86 bits per heavy atom. The highest BCUT2D eigenvalue weighted by Crippen LogP contribution is 2.11. The molecule has 0 aromatic rings. The van der Waals surface area contributed by atoms with E-state index in [9.17, 15) is 4.39 Å². The van der Waals surface area contributed by atoms with Crippen molar-refractivity contribution in [1.29, 1.82) is 0 Å². The van der Waals surface area contributed by atoms with Gasteiger partial charge in [-0.2, -0.15) is 0 Å². The van der Waals surface area contributed by atoms with E-state index in [1.54, 1.807) is 0 Å². The number of alkyl halides is 1. The highest BCUT2D eigenvalue weighted by molar-refractivity contribution is 4.61. The second kappa shape index (κ2) is 2.26. The number of ether oxygens (including phenoxy) is 1. The fourth-order valence-electron chi connectivity index (χ4n) is 0.766. The summed E-state index contributed by atoms with van der Waals surface area (Å²) in [5.41, 5.74) is 0. The molecule has 7 heavy (non-hydrogen) atoms. The Kier molecular flexibility index (Phi) is 1.63. The molecule has 1 atom stereocenters. The smallest absolute Gasteiger partial charge is 0.116 e. The molecule has 1 fully saturated rings. The van der Waals surface area contributed by atoms with Gasteiger partial charge in [0, 0.05) is 6.61 Å². The molecule has 0 radical (unpaired) electrons. The molecular weight excluding hydrogens is 95.1 g/mol. The Balaban J connectivity index is 2.14. The van der Waals surface area contributed by atoms with Crippen molar-refractivity contribution in [2.24, 2.45) is 0 Å². The summed E-state index contributed by atoms with van der Waals surface area (Å²) in [7, 11) is 0. The molecule has 1 aliphatic rings. The average molecular weight is 104 g/mol. The van der Waals surface area contributed by atoms with E-state index in [1.807, 2.05) is 0 Å². The van der Waals surface area contributed by atoms with Crippen molar-refractivity contribution in [1.82, 2.24) is 0 Å². The average Bonchev–Trinajstić information content (AvgIpc) is 2.14. The summed E-state index contributed by atoms with van der Waals surface area (Å²) in [6.45, 7) is 0.453. The van der Waals surface area contributed by atoms with Gasteiger partial charge in [-0.1, -0.05) is 0 Å². The van der Waals surface area contributed by atoms with Gasteiger partial charge in [-0.15, -0.1) is 0 Å². The SMILES string of the molecule is FC[C@H]1CCCO1. The second-order valence-electron chi connectivity index (χ2n) is 1.79. The zero-order valence-corrected chi connectivity index (χ0v) is 4.19. The maximum absolute atomic E-state index is 11.6. The van der Waals surface area contributed by atoms with Crippen LogP contribution in [0.4, 0.5) is 4.39 Å². The molecule has 0 spiro atoms. The van der Waals surface area contributed by atoms with Crippen molar-refractivity contribution in [3.8, 4) is 0 Å². The maximum atomic E-state index is 11.6. The zero-order chi connectivity index (χ0) is 5.11. The molecule has 0 aromatic carbocycles.